The standard InChI is InChI=1S/2C23H27.C2H6Si.2ClH.Zr/c2*1-15(2)12-18-13-19-11-10-17(5)23(22(19)14-18)21-9-7-6-8-20(21)16(3)4;1-3-2;;;/h2*6-11,13-16H,12H2,1-5H3;1-2H3;2*1H;/q2*-1;;;;+4/p-2. The minimum atomic E-state index is -0.826. The normalized spacial score (nSPS) is 11.0. The van der Waals surface area contributed by atoms with Crippen molar-refractivity contribution in [3.8, 4) is 22.3 Å². The van der Waals surface area contributed by atoms with Gasteiger partial charge in [0.25, 0.3) is 0 Å². The second-order valence-corrected chi connectivity index (χ2v) is 20.2. The number of hydrogen-bond donors (Lipinski definition) is 0. The molecule has 0 spiro atoms. The summed E-state index contributed by atoms with van der Waals surface area (Å²) in [4.78, 5) is 0. The maximum absolute atomic E-state index is 4.93. The van der Waals surface area contributed by atoms with Gasteiger partial charge in [0.15, 0.2) is 0 Å². The topological polar surface area (TPSA) is 0 Å². The van der Waals surface area contributed by atoms with Crippen molar-refractivity contribution in [2.45, 2.75) is 107 Å². The molecule has 0 atom stereocenters. The molecule has 0 bridgehead atoms. The quantitative estimate of drug-likeness (QED) is 0.106. The van der Waals surface area contributed by atoms with Gasteiger partial charge in [-0.2, -0.15) is 12.1 Å². The van der Waals surface area contributed by atoms with Gasteiger partial charge in [-0.3, -0.25) is 0 Å². The zero-order valence-electron chi connectivity index (χ0n) is 33.7. The number of rotatable bonds is 8. The van der Waals surface area contributed by atoms with E-state index in [0.717, 1.165) is 22.4 Å². The average molecular weight is 827 g/mol. The molecule has 6 rings (SSSR count). The Morgan fingerprint density at radius 3 is 1.19 bits per heavy atom. The summed E-state index contributed by atoms with van der Waals surface area (Å²) in [5, 5.41) is 5.57. The van der Waals surface area contributed by atoms with E-state index in [-0.39, 0.29) is 0 Å². The first-order valence-electron chi connectivity index (χ1n) is 18.9. The zero-order valence-corrected chi connectivity index (χ0v) is 38.7. The van der Waals surface area contributed by atoms with E-state index in [1.807, 2.05) is 0 Å². The number of benzene rings is 4. The SMILES string of the molecule is C[Si]C.Cc1ccc2[cH-]c(CC(C)C)cc2c1-c1ccccc1C(C)C.Cc1ccc2[cH-]c(CC(C)C)cc2c1-c1ccccc1C(C)C.[Cl][Zr+2][Cl]. The molecule has 0 aliphatic heterocycles. The first kappa shape index (κ1) is 44.2. The van der Waals surface area contributed by atoms with Crippen LogP contribution in [0.3, 0.4) is 0 Å². The molecule has 6 aromatic carbocycles. The van der Waals surface area contributed by atoms with Crippen LogP contribution < -0.4 is 0 Å². The molecular formula is C48H60Cl2SiZr. The molecule has 0 saturated carbocycles. The van der Waals surface area contributed by atoms with Gasteiger partial charge in [0.05, 0.1) is 0 Å². The minimum absolute atomic E-state index is 0.533. The van der Waals surface area contributed by atoms with Crippen molar-refractivity contribution in [2.75, 3.05) is 0 Å². The predicted molar refractivity (Wildman–Crippen MR) is 234 cm³/mol. The summed E-state index contributed by atoms with van der Waals surface area (Å²) in [6.45, 7) is 27.1. The van der Waals surface area contributed by atoms with Crippen LogP contribution in [0.4, 0.5) is 0 Å². The Balaban J connectivity index is 0.000000244. The van der Waals surface area contributed by atoms with E-state index in [4.69, 9.17) is 17.0 Å². The van der Waals surface area contributed by atoms with Crippen molar-refractivity contribution in [2.24, 2.45) is 11.8 Å². The van der Waals surface area contributed by atoms with Crippen molar-refractivity contribution in [3.63, 3.8) is 0 Å². The fraction of sp³-hybridized carbons (Fsp3) is 0.375. The second kappa shape index (κ2) is 21.6. The van der Waals surface area contributed by atoms with Gasteiger partial charge in [0.2, 0.25) is 0 Å². The molecule has 0 N–H and O–H groups in total. The molecule has 274 valence electrons. The summed E-state index contributed by atoms with van der Waals surface area (Å²) < 4.78 is 0. The number of aryl methyl sites for hydroxylation is 2. The summed E-state index contributed by atoms with van der Waals surface area (Å²) in [6, 6.07) is 36.4. The zero-order chi connectivity index (χ0) is 38.5. The van der Waals surface area contributed by atoms with Crippen molar-refractivity contribution < 1.29 is 20.8 Å². The summed E-state index contributed by atoms with van der Waals surface area (Å²) in [5.74, 6) is 2.45. The van der Waals surface area contributed by atoms with E-state index in [2.05, 4.69) is 179 Å². The van der Waals surface area contributed by atoms with Crippen molar-refractivity contribution in [3.05, 3.63) is 130 Å². The van der Waals surface area contributed by atoms with Gasteiger partial charge in [0, 0.05) is 9.52 Å². The third-order valence-electron chi connectivity index (χ3n) is 9.31. The Bertz CT molecular complexity index is 1830. The Labute approximate surface area is 338 Å². The summed E-state index contributed by atoms with van der Waals surface area (Å²) in [5.41, 5.74) is 14.2. The van der Waals surface area contributed by atoms with Crippen molar-refractivity contribution >= 4 is 48.1 Å². The first-order valence-corrected chi connectivity index (χ1v) is 27.2. The Kier molecular flexibility index (Phi) is 18.4. The van der Waals surface area contributed by atoms with Crippen LogP contribution in [-0.4, -0.2) is 9.52 Å². The molecule has 0 fully saturated rings. The molecule has 0 heterocycles. The van der Waals surface area contributed by atoms with Gasteiger partial charge in [-0.25, -0.2) is 0 Å². The van der Waals surface area contributed by atoms with Crippen LogP contribution in [0.25, 0.3) is 43.8 Å². The number of fused-ring (bicyclic) bond motifs is 2. The molecule has 0 unspecified atom stereocenters. The molecule has 0 saturated heterocycles. The third-order valence-corrected chi connectivity index (χ3v) is 9.31. The Morgan fingerprint density at radius 1 is 0.558 bits per heavy atom. The van der Waals surface area contributed by atoms with Gasteiger partial charge in [0.1, 0.15) is 0 Å². The summed E-state index contributed by atoms with van der Waals surface area (Å²) in [7, 11) is 11.0. The van der Waals surface area contributed by atoms with Crippen LogP contribution >= 0.6 is 17.0 Å². The maximum atomic E-state index is 4.93. The van der Waals surface area contributed by atoms with E-state index < -0.39 is 20.8 Å². The summed E-state index contributed by atoms with van der Waals surface area (Å²) >= 11 is -0.826. The Hall–Kier alpha value is -2.22. The summed E-state index contributed by atoms with van der Waals surface area (Å²) in [6.07, 6.45) is 2.30. The molecular weight excluding hydrogens is 767 g/mol. The van der Waals surface area contributed by atoms with Gasteiger partial charge < -0.3 is 0 Å². The van der Waals surface area contributed by atoms with E-state index in [9.17, 15) is 0 Å². The molecule has 2 radical (unpaired) electrons. The van der Waals surface area contributed by atoms with Crippen molar-refractivity contribution in [1.82, 2.24) is 0 Å². The molecule has 0 aliphatic rings. The number of halogens is 2. The van der Waals surface area contributed by atoms with Crippen LogP contribution in [0.1, 0.15) is 101 Å². The van der Waals surface area contributed by atoms with E-state index in [1.165, 1.54) is 77.2 Å². The first-order chi connectivity index (χ1) is 24.8. The van der Waals surface area contributed by atoms with Crippen LogP contribution in [0.15, 0.2) is 97.1 Å². The van der Waals surface area contributed by atoms with Gasteiger partial charge in [-0.1, -0.05) is 139 Å². The second-order valence-electron chi connectivity index (χ2n) is 15.5. The molecule has 6 aromatic rings. The Morgan fingerprint density at radius 2 is 0.885 bits per heavy atom. The molecule has 4 heteroatoms. The van der Waals surface area contributed by atoms with Gasteiger partial charge >= 0.3 is 37.9 Å². The van der Waals surface area contributed by atoms with Gasteiger partial charge in [-0.05, 0) is 72.6 Å². The van der Waals surface area contributed by atoms with Crippen LogP contribution in [0.5, 0.6) is 0 Å². The van der Waals surface area contributed by atoms with E-state index in [1.54, 1.807) is 0 Å². The average Bonchev–Trinajstić information content (AvgIpc) is 3.68. The van der Waals surface area contributed by atoms with Crippen LogP contribution in [0.2, 0.25) is 13.1 Å². The van der Waals surface area contributed by atoms with Crippen LogP contribution in [0, 0.1) is 25.7 Å². The molecule has 0 aromatic heterocycles. The fourth-order valence-electron chi connectivity index (χ4n) is 7.26. The monoisotopic (exact) mass is 824 g/mol. The van der Waals surface area contributed by atoms with E-state index >= 15 is 0 Å². The molecule has 0 nitrogen and oxygen atoms in total. The molecule has 0 amide bonds. The van der Waals surface area contributed by atoms with Crippen molar-refractivity contribution in [1.29, 1.82) is 0 Å². The fourth-order valence-corrected chi connectivity index (χ4v) is 7.26. The molecule has 0 aliphatic carbocycles. The number of hydrogen-bond acceptors (Lipinski definition) is 0. The van der Waals surface area contributed by atoms with Crippen LogP contribution in [-0.2, 0) is 33.7 Å². The molecule has 52 heavy (non-hydrogen) atoms. The van der Waals surface area contributed by atoms with E-state index in [0.29, 0.717) is 23.7 Å². The van der Waals surface area contributed by atoms with Gasteiger partial charge in [-0.15, -0.1) is 69.1 Å². The third kappa shape index (κ3) is 11.9. The predicted octanol–water partition coefficient (Wildman–Crippen LogP) is 15.9.